The van der Waals surface area contributed by atoms with Gasteiger partial charge in [-0.05, 0) is 12.0 Å². The van der Waals surface area contributed by atoms with Crippen LogP contribution in [0.5, 0.6) is 0 Å². The Morgan fingerprint density at radius 2 is 2.12 bits per heavy atom. The lowest BCUT2D eigenvalue weighted by molar-refractivity contribution is -0.149. The zero-order chi connectivity index (χ0) is 12.3. The molecule has 1 aliphatic heterocycles. The van der Waals surface area contributed by atoms with E-state index in [9.17, 15) is 9.59 Å². The van der Waals surface area contributed by atoms with Crippen LogP contribution in [-0.4, -0.2) is 29.9 Å². The molecular weight excluding hydrogens is 218 g/mol. The fraction of sp³-hybridized carbons (Fsp3) is 0.385. The molecule has 1 aliphatic rings. The van der Waals surface area contributed by atoms with E-state index >= 15 is 0 Å². The molecule has 1 fully saturated rings. The monoisotopic (exact) mass is 233 g/mol. The Balaban J connectivity index is 2.12. The molecule has 1 aromatic carbocycles. The van der Waals surface area contributed by atoms with E-state index in [2.05, 4.69) is 0 Å². The largest absolute Gasteiger partial charge is 0.467 e. The van der Waals surface area contributed by atoms with Crippen molar-refractivity contribution in [2.24, 2.45) is 0 Å². The molecule has 0 radical (unpaired) electrons. The summed E-state index contributed by atoms with van der Waals surface area (Å²) in [5.41, 5.74) is 1.02. The van der Waals surface area contributed by atoms with Gasteiger partial charge in [0.1, 0.15) is 6.04 Å². The molecular formula is C13H15NO3. The molecule has 1 atom stereocenters. The summed E-state index contributed by atoms with van der Waals surface area (Å²) in [6.45, 7) is 0.472. The third-order valence-electron chi connectivity index (χ3n) is 3.00. The van der Waals surface area contributed by atoms with Crippen LogP contribution < -0.4 is 0 Å². The molecule has 0 bridgehead atoms. The maximum atomic E-state index is 11.7. The van der Waals surface area contributed by atoms with Crippen LogP contribution in [0.3, 0.4) is 0 Å². The van der Waals surface area contributed by atoms with Gasteiger partial charge in [-0.3, -0.25) is 4.79 Å². The van der Waals surface area contributed by atoms with Crippen molar-refractivity contribution in [1.82, 2.24) is 4.90 Å². The second kappa shape index (κ2) is 4.99. The van der Waals surface area contributed by atoms with Gasteiger partial charge in [-0.25, -0.2) is 4.79 Å². The number of esters is 1. The van der Waals surface area contributed by atoms with Crippen LogP contribution in [0.2, 0.25) is 0 Å². The standard InChI is InChI=1S/C13H15NO3/c1-17-13(16)11-7-8-12(15)14(11)9-10-5-3-2-4-6-10/h2-6,11H,7-9H2,1H3. The van der Waals surface area contributed by atoms with Gasteiger partial charge in [-0.1, -0.05) is 30.3 Å². The van der Waals surface area contributed by atoms with Crippen molar-refractivity contribution in [3.63, 3.8) is 0 Å². The van der Waals surface area contributed by atoms with E-state index < -0.39 is 6.04 Å². The fourth-order valence-electron chi connectivity index (χ4n) is 2.09. The number of benzene rings is 1. The Labute approximate surface area is 100 Å². The zero-order valence-electron chi connectivity index (χ0n) is 9.76. The maximum absolute atomic E-state index is 11.7. The first kappa shape index (κ1) is 11.6. The van der Waals surface area contributed by atoms with Gasteiger partial charge in [-0.2, -0.15) is 0 Å². The lowest BCUT2D eigenvalue weighted by Crippen LogP contribution is -2.38. The maximum Gasteiger partial charge on any atom is 0.328 e. The second-order valence-electron chi connectivity index (χ2n) is 4.08. The third-order valence-corrected chi connectivity index (χ3v) is 3.00. The lowest BCUT2D eigenvalue weighted by atomic mass is 10.2. The quantitative estimate of drug-likeness (QED) is 0.740. The summed E-state index contributed by atoms with van der Waals surface area (Å²) in [5, 5.41) is 0. The van der Waals surface area contributed by atoms with E-state index in [-0.39, 0.29) is 11.9 Å². The SMILES string of the molecule is COC(=O)C1CCC(=O)N1Cc1ccccc1. The summed E-state index contributed by atoms with van der Waals surface area (Å²) in [4.78, 5) is 24.9. The normalized spacial score (nSPS) is 19.5. The molecule has 1 amide bonds. The van der Waals surface area contributed by atoms with Crippen molar-refractivity contribution < 1.29 is 14.3 Å². The summed E-state index contributed by atoms with van der Waals surface area (Å²) >= 11 is 0. The lowest BCUT2D eigenvalue weighted by Gasteiger charge is -2.22. The molecule has 1 unspecified atom stereocenters. The molecule has 2 rings (SSSR count). The van der Waals surface area contributed by atoms with E-state index in [1.807, 2.05) is 30.3 Å². The number of amides is 1. The number of hydrogen-bond acceptors (Lipinski definition) is 3. The van der Waals surface area contributed by atoms with Crippen molar-refractivity contribution in [2.75, 3.05) is 7.11 Å². The van der Waals surface area contributed by atoms with E-state index in [0.717, 1.165) is 5.56 Å². The number of ether oxygens (including phenoxy) is 1. The molecule has 0 aliphatic carbocycles. The van der Waals surface area contributed by atoms with Crippen LogP contribution in [-0.2, 0) is 20.9 Å². The highest BCUT2D eigenvalue weighted by Crippen LogP contribution is 2.22. The minimum atomic E-state index is -0.423. The molecule has 0 spiro atoms. The van der Waals surface area contributed by atoms with Gasteiger partial charge in [0.05, 0.1) is 7.11 Å². The molecule has 0 saturated carbocycles. The highest BCUT2D eigenvalue weighted by atomic mass is 16.5. The molecule has 0 N–H and O–H groups in total. The number of carbonyl (C=O) groups is 2. The van der Waals surface area contributed by atoms with Crippen LogP contribution in [0.1, 0.15) is 18.4 Å². The van der Waals surface area contributed by atoms with E-state index in [4.69, 9.17) is 4.74 Å². The molecule has 1 saturated heterocycles. The number of nitrogens with zero attached hydrogens (tertiary/aromatic N) is 1. The smallest absolute Gasteiger partial charge is 0.328 e. The first-order valence-electron chi connectivity index (χ1n) is 5.63. The van der Waals surface area contributed by atoms with Gasteiger partial charge in [0.25, 0.3) is 0 Å². The summed E-state index contributed by atoms with van der Waals surface area (Å²) in [6.07, 6.45) is 0.977. The van der Waals surface area contributed by atoms with Crippen molar-refractivity contribution >= 4 is 11.9 Å². The number of rotatable bonds is 3. The fourth-order valence-corrected chi connectivity index (χ4v) is 2.09. The van der Waals surface area contributed by atoms with Gasteiger partial charge in [-0.15, -0.1) is 0 Å². The van der Waals surface area contributed by atoms with Crippen LogP contribution in [0, 0.1) is 0 Å². The summed E-state index contributed by atoms with van der Waals surface area (Å²) in [7, 11) is 1.35. The Hall–Kier alpha value is -1.84. The number of methoxy groups -OCH3 is 1. The highest BCUT2D eigenvalue weighted by molar-refractivity contribution is 5.88. The highest BCUT2D eigenvalue weighted by Gasteiger charge is 2.36. The van der Waals surface area contributed by atoms with Gasteiger partial charge in [0.15, 0.2) is 0 Å². The van der Waals surface area contributed by atoms with Gasteiger partial charge < -0.3 is 9.64 Å². The predicted molar refractivity (Wildman–Crippen MR) is 62.0 cm³/mol. The van der Waals surface area contributed by atoms with Crippen LogP contribution in [0.25, 0.3) is 0 Å². The average Bonchev–Trinajstić information content (AvgIpc) is 2.72. The second-order valence-corrected chi connectivity index (χ2v) is 4.08. The minimum absolute atomic E-state index is 0.0178. The van der Waals surface area contributed by atoms with Gasteiger partial charge in [0, 0.05) is 13.0 Å². The number of carbonyl (C=O) groups excluding carboxylic acids is 2. The number of hydrogen-bond donors (Lipinski definition) is 0. The Kier molecular flexibility index (Phi) is 3.42. The van der Waals surface area contributed by atoms with E-state index in [1.165, 1.54) is 7.11 Å². The van der Waals surface area contributed by atoms with Crippen molar-refractivity contribution in [2.45, 2.75) is 25.4 Å². The van der Waals surface area contributed by atoms with Crippen LogP contribution in [0.4, 0.5) is 0 Å². The first-order valence-corrected chi connectivity index (χ1v) is 5.63. The van der Waals surface area contributed by atoms with Crippen molar-refractivity contribution in [3.05, 3.63) is 35.9 Å². The minimum Gasteiger partial charge on any atom is -0.467 e. The summed E-state index contributed by atoms with van der Waals surface area (Å²) in [5.74, 6) is -0.309. The Morgan fingerprint density at radius 1 is 1.41 bits per heavy atom. The Bertz CT molecular complexity index is 416. The molecule has 1 heterocycles. The molecule has 4 heteroatoms. The predicted octanol–water partition coefficient (Wildman–Crippen LogP) is 1.35. The average molecular weight is 233 g/mol. The van der Waals surface area contributed by atoms with E-state index in [1.54, 1.807) is 4.90 Å². The molecule has 4 nitrogen and oxygen atoms in total. The topological polar surface area (TPSA) is 46.6 Å². The zero-order valence-corrected chi connectivity index (χ0v) is 9.76. The van der Waals surface area contributed by atoms with Crippen molar-refractivity contribution in [3.8, 4) is 0 Å². The van der Waals surface area contributed by atoms with Gasteiger partial charge in [0.2, 0.25) is 5.91 Å². The first-order chi connectivity index (χ1) is 8.22. The summed E-state index contributed by atoms with van der Waals surface area (Å²) in [6, 6.07) is 9.23. The third kappa shape index (κ3) is 2.46. The van der Waals surface area contributed by atoms with Crippen LogP contribution in [0.15, 0.2) is 30.3 Å². The van der Waals surface area contributed by atoms with E-state index in [0.29, 0.717) is 19.4 Å². The van der Waals surface area contributed by atoms with Gasteiger partial charge >= 0.3 is 5.97 Å². The number of likely N-dealkylation sites (tertiary alicyclic amines) is 1. The van der Waals surface area contributed by atoms with Crippen LogP contribution >= 0.6 is 0 Å². The molecule has 90 valence electrons. The Morgan fingerprint density at radius 3 is 2.76 bits per heavy atom. The molecule has 0 aromatic heterocycles. The molecule has 17 heavy (non-hydrogen) atoms. The molecule has 1 aromatic rings. The van der Waals surface area contributed by atoms with Crippen molar-refractivity contribution in [1.29, 1.82) is 0 Å². The summed E-state index contributed by atoms with van der Waals surface area (Å²) < 4.78 is 4.72.